The summed E-state index contributed by atoms with van der Waals surface area (Å²) in [4.78, 5) is 25.1. The summed E-state index contributed by atoms with van der Waals surface area (Å²) in [6.45, 7) is 5.18. The van der Waals surface area contributed by atoms with Crippen LogP contribution >= 0.6 is 7.82 Å². The fourth-order valence-electron chi connectivity index (χ4n) is 6.21. The number of carbonyl (C=O) groups excluding carboxylic acids is 1. The van der Waals surface area contributed by atoms with Crippen molar-refractivity contribution in [1.82, 2.24) is 0 Å². The Morgan fingerprint density at radius 1 is 0.525 bits per heavy atom. The molecule has 2 unspecified atom stereocenters. The van der Waals surface area contributed by atoms with Gasteiger partial charge in [-0.3, -0.25) is 9.36 Å². The van der Waals surface area contributed by atoms with Gasteiger partial charge in [-0.2, -0.15) is 0 Å². The van der Waals surface area contributed by atoms with E-state index in [4.69, 9.17) is 18.5 Å². The summed E-state index contributed by atoms with van der Waals surface area (Å²) >= 11 is 0. The Hall–Kier alpha value is -2.32. The Morgan fingerprint density at radius 2 is 0.951 bits per heavy atom. The summed E-state index contributed by atoms with van der Waals surface area (Å²) < 4.78 is 34.6. The fraction of sp³-hybridized carbons (Fsp3) is 0.712. The number of carbonyl (C=O) groups is 1. The molecule has 0 aliphatic heterocycles. The van der Waals surface area contributed by atoms with E-state index in [9.17, 15) is 14.3 Å². The number of hydrogen-bond acceptors (Lipinski definition) is 7. The van der Waals surface area contributed by atoms with Crippen molar-refractivity contribution >= 4 is 13.8 Å². The van der Waals surface area contributed by atoms with E-state index in [1.165, 1.54) is 103 Å². The molecule has 0 aliphatic carbocycles. The Labute approximate surface area is 375 Å². The van der Waals surface area contributed by atoms with Crippen molar-refractivity contribution in [3.8, 4) is 0 Å². The summed E-state index contributed by atoms with van der Waals surface area (Å²) in [6, 6.07) is 0. The maximum Gasteiger partial charge on any atom is 0.306 e. The summed E-state index contributed by atoms with van der Waals surface area (Å²) in [7, 11) is 1.30. The van der Waals surface area contributed by atoms with Crippen LogP contribution in [-0.2, 0) is 27.9 Å². The third-order valence-corrected chi connectivity index (χ3v) is 10.9. The molecule has 0 saturated heterocycles. The number of phosphoric acid groups is 1. The van der Waals surface area contributed by atoms with Crippen LogP contribution in [0.2, 0.25) is 0 Å². The molecule has 0 rings (SSSR count). The first kappa shape index (κ1) is 58.7. The Balaban J connectivity index is 4.30. The minimum absolute atomic E-state index is 0.00838. The van der Waals surface area contributed by atoms with Crippen LogP contribution in [0.25, 0.3) is 0 Å². The van der Waals surface area contributed by atoms with Gasteiger partial charge in [-0.05, 0) is 77.0 Å². The van der Waals surface area contributed by atoms with E-state index in [0.29, 0.717) is 24.1 Å². The predicted molar refractivity (Wildman–Crippen MR) is 258 cm³/mol. The SMILES string of the molecule is CC/C=C\C/C=C\C/C=C\C/C=C\C/C=C\C/C=C\CCC(=O)OC(COCCCCCCCCCCCC/C=C\CCCCCCCC)COP(=O)([O-])OCC[N+](C)(C)C. The second-order valence-electron chi connectivity index (χ2n) is 17.1. The molecule has 0 spiro atoms. The number of rotatable bonds is 44. The lowest BCUT2D eigenvalue weighted by Crippen LogP contribution is -2.37. The van der Waals surface area contributed by atoms with Crippen LogP contribution in [-0.4, -0.2) is 70.7 Å². The zero-order valence-corrected chi connectivity index (χ0v) is 40.7. The average Bonchev–Trinajstić information content (AvgIpc) is 3.22. The summed E-state index contributed by atoms with van der Waals surface area (Å²) in [5, 5.41) is 0. The van der Waals surface area contributed by atoms with E-state index in [1.807, 2.05) is 33.3 Å². The highest BCUT2D eigenvalue weighted by Crippen LogP contribution is 2.38. The van der Waals surface area contributed by atoms with Gasteiger partial charge in [-0.15, -0.1) is 0 Å². The molecule has 0 heterocycles. The number of hydrogen-bond donors (Lipinski definition) is 0. The Kier molecular flexibility index (Phi) is 42.6. The van der Waals surface area contributed by atoms with Crippen molar-refractivity contribution < 1.29 is 37.3 Å². The van der Waals surface area contributed by atoms with Crippen LogP contribution in [0.3, 0.4) is 0 Å². The molecule has 2 atom stereocenters. The molecule has 8 nitrogen and oxygen atoms in total. The van der Waals surface area contributed by atoms with E-state index < -0.39 is 19.9 Å². The lowest BCUT2D eigenvalue weighted by Gasteiger charge is -2.28. The van der Waals surface area contributed by atoms with Crippen molar-refractivity contribution in [3.05, 3.63) is 85.1 Å². The second-order valence-corrected chi connectivity index (χ2v) is 18.5. The number of unbranched alkanes of at least 4 members (excludes halogenated alkanes) is 16. The topological polar surface area (TPSA) is 94.1 Å². The van der Waals surface area contributed by atoms with Crippen LogP contribution < -0.4 is 4.89 Å². The van der Waals surface area contributed by atoms with Crippen LogP contribution in [0.4, 0.5) is 0 Å². The molecular weight excluding hydrogens is 782 g/mol. The van der Waals surface area contributed by atoms with Crippen LogP contribution in [0.5, 0.6) is 0 Å². The van der Waals surface area contributed by atoms with Crippen molar-refractivity contribution in [2.75, 3.05) is 54.1 Å². The molecule has 0 bridgehead atoms. The first-order valence-electron chi connectivity index (χ1n) is 24.3. The van der Waals surface area contributed by atoms with Crippen molar-refractivity contribution in [3.63, 3.8) is 0 Å². The van der Waals surface area contributed by atoms with Gasteiger partial charge in [-0.25, -0.2) is 0 Å². The van der Waals surface area contributed by atoms with Crippen molar-refractivity contribution in [1.29, 1.82) is 0 Å². The standard InChI is InChI=1S/C52H92NO7P/c1-6-8-10-12-14-16-18-20-22-24-26-28-30-32-34-36-38-40-42-44-47-57-49-51(50-59-61(55,56)58-48-46-53(3,4)5)60-52(54)45-43-41-39-37-35-33-31-29-27-25-23-21-19-17-15-13-11-9-7-2/h9,11,15,17,20-23,27,29,33,35,39,41,51H,6-8,10,12-14,16,18-19,24-26,28,30-32,34,36-38,40,42-50H2,1-5H3/b11-9-,17-15-,22-20-,23-21-,29-27-,35-33-,41-39-. The lowest BCUT2D eigenvalue weighted by atomic mass is 10.1. The minimum Gasteiger partial charge on any atom is -0.756 e. The first-order valence-corrected chi connectivity index (χ1v) is 25.8. The number of nitrogens with zero attached hydrogens (tertiary/aromatic N) is 1. The minimum atomic E-state index is -4.55. The molecule has 0 amide bonds. The number of phosphoric ester groups is 1. The van der Waals surface area contributed by atoms with Gasteiger partial charge in [-0.1, -0.05) is 182 Å². The van der Waals surface area contributed by atoms with Crippen LogP contribution in [0.1, 0.15) is 181 Å². The molecule has 0 aromatic carbocycles. The number of likely N-dealkylation sites (N-methyl/N-ethyl adjacent to an activating group) is 1. The summed E-state index contributed by atoms with van der Waals surface area (Å²) in [5.74, 6) is -0.418. The van der Waals surface area contributed by atoms with Crippen LogP contribution in [0, 0.1) is 0 Å². The van der Waals surface area contributed by atoms with Crippen LogP contribution in [0.15, 0.2) is 85.1 Å². The maximum atomic E-state index is 12.7. The summed E-state index contributed by atoms with van der Waals surface area (Å²) in [5.41, 5.74) is 0. The smallest absolute Gasteiger partial charge is 0.306 e. The van der Waals surface area contributed by atoms with Gasteiger partial charge in [0.15, 0.2) is 0 Å². The Morgan fingerprint density at radius 3 is 1.43 bits per heavy atom. The molecule has 0 radical (unpaired) electrons. The number of ether oxygens (including phenoxy) is 2. The van der Waals surface area contributed by atoms with Crippen molar-refractivity contribution in [2.24, 2.45) is 0 Å². The molecule has 0 N–H and O–H groups in total. The highest BCUT2D eigenvalue weighted by Gasteiger charge is 2.20. The molecule has 0 fully saturated rings. The molecule has 9 heteroatoms. The highest BCUT2D eigenvalue weighted by molar-refractivity contribution is 7.45. The third kappa shape index (κ3) is 48.6. The quantitative estimate of drug-likeness (QED) is 0.0198. The fourth-order valence-corrected chi connectivity index (χ4v) is 6.94. The number of allylic oxidation sites excluding steroid dienone is 14. The average molecular weight is 874 g/mol. The van der Waals surface area contributed by atoms with E-state index in [0.717, 1.165) is 51.4 Å². The normalized spacial score (nSPS) is 14.4. The predicted octanol–water partition coefficient (Wildman–Crippen LogP) is 14.2. The molecule has 0 aromatic rings. The number of esters is 1. The molecule has 352 valence electrons. The van der Waals surface area contributed by atoms with Gasteiger partial charge < -0.3 is 27.9 Å². The lowest BCUT2D eigenvalue weighted by molar-refractivity contribution is -0.870. The van der Waals surface area contributed by atoms with Crippen molar-refractivity contribution in [2.45, 2.75) is 187 Å². The molecule has 0 aromatic heterocycles. The van der Waals surface area contributed by atoms with E-state index in [2.05, 4.69) is 86.8 Å². The van der Waals surface area contributed by atoms with Gasteiger partial charge in [0.1, 0.15) is 19.3 Å². The summed E-state index contributed by atoms with van der Waals surface area (Å²) in [6.07, 6.45) is 59.1. The molecule has 0 saturated carbocycles. The van der Waals surface area contributed by atoms with Gasteiger partial charge in [0.2, 0.25) is 0 Å². The number of quaternary nitrogens is 1. The second kappa shape index (κ2) is 44.3. The van der Waals surface area contributed by atoms with E-state index in [-0.39, 0.29) is 26.2 Å². The van der Waals surface area contributed by atoms with Gasteiger partial charge in [0, 0.05) is 13.0 Å². The largest absolute Gasteiger partial charge is 0.756 e. The third-order valence-electron chi connectivity index (χ3n) is 9.94. The zero-order valence-electron chi connectivity index (χ0n) is 39.8. The molecule has 61 heavy (non-hydrogen) atoms. The molecular formula is C52H92NO7P. The monoisotopic (exact) mass is 874 g/mol. The highest BCUT2D eigenvalue weighted by atomic mass is 31.2. The maximum absolute atomic E-state index is 12.7. The van der Waals surface area contributed by atoms with E-state index in [1.54, 1.807) is 0 Å². The Bertz CT molecular complexity index is 1250. The van der Waals surface area contributed by atoms with Gasteiger partial charge >= 0.3 is 5.97 Å². The van der Waals surface area contributed by atoms with Gasteiger partial charge in [0.25, 0.3) is 7.82 Å². The van der Waals surface area contributed by atoms with E-state index >= 15 is 0 Å². The van der Waals surface area contributed by atoms with Gasteiger partial charge in [0.05, 0.1) is 34.4 Å². The molecule has 0 aliphatic rings. The zero-order chi connectivity index (χ0) is 44.8. The first-order chi connectivity index (χ1) is 29.6.